The Kier molecular flexibility index (Phi) is 3.41. The summed E-state index contributed by atoms with van der Waals surface area (Å²) in [5, 5.41) is 8.32. The highest BCUT2D eigenvalue weighted by Crippen LogP contribution is 2.29. The summed E-state index contributed by atoms with van der Waals surface area (Å²) in [5.41, 5.74) is 0.647. The lowest BCUT2D eigenvalue weighted by Crippen LogP contribution is -1.92. The maximum atomic E-state index is 8.32. The lowest BCUT2D eigenvalue weighted by molar-refractivity contribution is 0.354. The van der Waals surface area contributed by atoms with Crippen molar-refractivity contribution in [2.24, 2.45) is 0 Å². The molecule has 0 aromatic heterocycles. The third-order valence-electron chi connectivity index (χ3n) is 1.66. The summed E-state index contributed by atoms with van der Waals surface area (Å²) in [4.78, 5) is 0. The summed E-state index contributed by atoms with van der Waals surface area (Å²) in [6.07, 6.45) is 0. The molecule has 0 spiro atoms. The zero-order valence-electron chi connectivity index (χ0n) is 8.00. The lowest BCUT2D eigenvalue weighted by atomic mass is 10.2. The van der Waals surface area contributed by atoms with Crippen molar-refractivity contribution in [3.8, 4) is 29.4 Å². The number of nitrogens with zero attached hydrogens (tertiary/aromatic N) is 1. The monoisotopic (exact) mass is 187 g/mol. The van der Waals surface area contributed by atoms with Crippen LogP contribution < -0.4 is 9.47 Å². The van der Waals surface area contributed by atoms with Gasteiger partial charge in [0, 0.05) is 5.92 Å². The van der Waals surface area contributed by atoms with Gasteiger partial charge in [-0.1, -0.05) is 6.07 Å². The molecular weight excluding hydrogens is 178 g/mol. The lowest BCUT2D eigenvalue weighted by Gasteiger charge is -2.08. The fourth-order valence-corrected chi connectivity index (χ4v) is 1.08. The summed E-state index contributed by atoms with van der Waals surface area (Å²) in [6.45, 7) is 0. The van der Waals surface area contributed by atoms with E-state index in [9.17, 15) is 0 Å². The molecule has 0 bridgehead atoms. The Morgan fingerprint density at radius 3 is 2.57 bits per heavy atom. The normalized spacial score (nSPS) is 8.07. The van der Waals surface area contributed by atoms with Gasteiger partial charge in [-0.2, -0.15) is 5.26 Å². The van der Waals surface area contributed by atoms with Crippen molar-refractivity contribution in [1.82, 2.24) is 0 Å². The minimum Gasteiger partial charge on any atom is -0.493 e. The highest BCUT2D eigenvalue weighted by molar-refractivity contribution is 5.55. The summed E-state index contributed by atoms with van der Waals surface area (Å²) in [5.74, 6) is 6.15. The maximum Gasteiger partial charge on any atom is 0.176 e. The van der Waals surface area contributed by atoms with Crippen LogP contribution in [0.3, 0.4) is 0 Å². The van der Waals surface area contributed by atoms with Crippen LogP contribution in [0.15, 0.2) is 18.2 Å². The van der Waals surface area contributed by atoms with Crippen molar-refractivity contribution in [1.29, 1.82) is 5.26 Å². The van der Waals surface area contributed by atoms with Gasteiger partial charge in [0.25, 0.3) is 0 Å². The topological polar surface area (TPSA) is 42.2 Å². The van der Waals surface area contributed by atoms with Crippen LogP contribution in [0.25, 0.3) is 0 Å². The van der Waals surface area contributed by atoms with Crippen molar-refractivity contribution in [2.75, 3.05) is 14.2 Å². The SMILES string of the molecule is COc1cccc(C#CC#N)c1OC. The second kappa shape index (κ2) is 4.79. The smallest absolute Gasteiger partial charge is 0.176 e. The molecule has 0 N–H and O–H groups in total. The van der Waals surface area contributed by atoms with Gasteiger partial charge >= 0.3 is 0 Å². The van der Waals surface area contributed by atoms with E-state index in [4.69, 9.17) is 14.7 Å². The molecule has 0 radical (unpaired) electrons. The molecule has 0 aliphatic heterocycles. The Balaban J connectivity index is 3.23. The van der Waals surface area contributed by atoms with Crippen LogP contribution in [-0.4, -0.2) is 14.2 Å². The standard InChI is InChI=1S/C11H9NO2/c1-13-10-7-3-5-9(6-4-8-12)11(10)14-2/h3,5,7H,1-2H3. The quantitative estimate of drug-likeness (QED) is 0.660. The maximum absolute atomic E-state index is 8.32. The van der Waals surface area contributed by atoms with Gasteiger partial charge in [0.15, 0.2) is 17.6 Å². The Morgan fingerprint density at radius 2 is 2.00 bits per heavy atom. The van der Waals surface area contributed by atoms with Crippen LogP contribution in [0.2, 0.25) is 0 Å². The predicted molar refractivity (Wildman–Crippen MR) is 52.0 cm³/mol. The van der Waals surface area contributed by atoms with Crippen LogP contribution >= 0.6 is 0 Å². The van der Waals surface area contributed by atoms with Crippen LogP contribution in [-0.2, 0) is 0 Å². The van der Waals surface area contributed by atoms with Crippen molar-refractivity contribution >= 4 is 0 Å². The van der Waals surface area contributed by atoms with Gasteiger partial charge in [0.1, 0.15) is 0 Å². The van der Waals surface area contributed by atoms with E-state index in [2.05, 4.69) is 11.8 Å². The third kappa shape index (κ3) is 1.97. The van der Waals surface area contributed by atoms with Gasteiger partial charge in [0.2, 0.25) is 0 Å². The first-order valence-corrected chi connectivity index (χ1v) is 3.94. The van der Waals surface area contributed by atoms with Gasteiger partial charge in [-0.25, -0.2) is 0 Å². The predicted octanol–water partition coefficient (Wildman–Crippen LogP) is 1.58. The molecule has 0 amide bonds. The molecule has 70 valence electrons. The minimum atomic E-state index is 0.553. The second-order valence-electron chi connectivity index (χ2n) is 2.40. The summed E-state index contributed by atoms with van der Waals surface area (Å²) < 4.78 is 10.2. The molecular formula is C11H9NO2. The molecule has 0 saturated carbocycles. The molecule has 0 heterocycles. The molecule has 0 atom stereocenters. The highest BCUT2D eigenvalue weighted by Gasteiger charge is 2.06. The number of ether oxygens (including phenoxy) is 2. The molecule has 3 nitrogen and oxygen atoms in total. The van der Waals surface area contributed by atoms with Crippen molar-refractivity contribution in [3.05, 3.63) is 23.8 Å². The van der Waals surface area contributed by atoms with E-state index < -0.39 is 0 Å². The Morgan fingerprint density at radius 1 is 1.21 bits per heavy atom. The molecule has 1 rings (SSSR count). The van der Waals surface area contributed by atoms with Gasteiger partial charge in [-0.15, -0.1) is 0 Å². The minimum absolute atomic E-state index is 0.553. The number of para-hydroxylation sites is 1. The van der Waals surface area contributed by atoms with E-state index in [0.29, 0.717) is 17.1 Å². The molecule has 14 heavy (non-hydrogen) atoms. The number of hydrogen-bond donors (Lipinski definition) is 0. The third-order valence-corrected chi connectivity index (χ3v) is 1.66. The first kappa shape index (κ1) is 9.95. The summed E-state index contributed by atoms with van der Waals surface area (Å²) in [7, 11) is 3.09. The fourth-order valence-electron chi connectivity index (χ4n) is 1.08. The van der Waals surface area contributed by atoms with Gasteiger partial charge in [0.05, 0.1) is 19.8 Å². The van der Waals surface area contributed by atoms with Crippen LogP contribution in [0, 0.1) is 23.2 Å². The fraction of sp³-hybridized carbons (Fsp3) is 0.182. The van der Waals surface area contributed by atoms with Crippen LogP contribution in [0.5, 0.6) is 11.5 Å². The van der Waals surface area contributed by atoms with E-state index in [1.54, 1.807) is 31.4 Å². The summed E-state index contributed by atoms with van der Waals surface area (Å²) in [6, 6.07) is 7.09. The first-order chi connectivity index (χ1) is 6.83. The Bertz CT molecular complexity index is 421. The number of hydrogen-bond acceptors (Lipinski definition) is 3. The van der Waals surface area contributed by atoms with E-state index in [1.807, 2.05) is 0 Å². The molecule has 3 heteroatoms. The van der Waals surface area contributed by atoms with Gasteiger partial charge < -0.3 is 9.47 Å². The molecule has 1 aromatic rings. The molecule has 0 aliphatic carbocycles. The number of methoxy groups -OCH3 is 2. The van der Waals surface area contributed by atoms with Crippen LogP contribution in [0.4, 0.5) is 0 Å². The number of nitriles is 1. The molecule has 0 unspecified atom stereocenters. The Hall–Kier alpha value is -2.13. The zero-order chi connectivity index (χ0) is 10.4. The molecule has 0 saturated heterocycles. The van der Waals surface area contributed by atoms with E-state index in [0.717, 1.165) is 0 Å². The average Bonchev–Trinajstić information content (AvgIpc) is 2.25. The summed E-state index contributed by atoms with van der Waals surface area (Å²) >= 11 is 0. The Labute approximate surface area is 82.9 Å². The molecule has 1 aromatic carbocycles. The molecule has 0 fully saturated rings. The van der Waals surface area contributed by atoms with E-state index >= 15 is 0 Å². The van der Waals surface area contributed by atoms with Gasteiger partial charge in [-0.05, 0) is 18.1 Å². The largest absolute Gasteiger partial charge is 0.493 e. The first-order valence-electron chi connectivity index (χ1n) is 3.94. The van der Waals surface area contributed by atoms with Crippen molar-refractivity contribution in [2.45, 2.75) is 0 Å². The molecule has 0 aliphatic rings. The van der Waals surface area contributed by atoms with Crippen LogP contribution in [0.1, 0.15) is 5.56 Å². The number of benzene rings is 1. The van der Waals surface area contributed by atoms with Crippen molar-refractivity contribution in [3.63, 3.8) is 0 Å². The zero-order valence-corrected chi connectivity index (χ0v) is 8.00. The van der Waals surface area contributed by atoms with Gasteiger partial charge in [-0.3, -0.25) is 0 Å². The van der Waals surface area contributed by atoms with E-state index in [1.165, 1.54) is 7.11 Å². The van der Waals surface area contributed by atoms with Crippen molar-refractivity contribution < 1.29 is 9.47 Å². The average molecular weight is 187 g/mol. The van der Waals surface area contributed by atoms with E-state index in [-0.39, 0.29) is 0 Å². The number of rotatable bonds is 2. The highest BCUT2D eigenvalue weighted by atomic mass is 16.5. The second-order valence-corrected chi connectivity index (χ2v) is 2.40.